The van der Waals surface area contributed by atoms with Gasteiger partial charge < -0.3 is 35.8 Å². The maximum atomic E-state index is 11.1. The largest absolute Gasteiger partial charge is 0.530 e. The van der Waals surface area contributed by atoms with Crippen LogP contribution in [0.4, 0.5) is 15.4 Å². The first kappa shape index (κ1) is 25.3. The number of amides is 2. The van der Waals surface area contributed by atoms with E-state index in [-0.39, 0.29) is 13.1 Å². The van der Waals surface area contributed by atoms with Gasteiger partial charge in [-0.2, -0.15) is 5.10 Å². The summed E-state index contributed by atoms with van der Waals surface area (Å²) in [7, 11) is 1.77. The predicted molar refractivity (Wildman–Crippen MR) is 136 cm³/mol. The Kier molecular flexibility index (Phi) is 7.73. The molecule has 4 aromatic rings. The Morgan fingerprint density at radius 2 is 1.19 bits per heavy atom. The molecule has 1 heterocycles. The summed E-state index contributed by atoms with van der Waals surface area (Å²) in [5.41, 5.74) is 2.67. The van der Waals surface area contributed by atoms with E-state index < -0.39 is 23.6 Å². The summed E-state index contributed by atoms with van der Waals surface area (Å²) in [5.74, 6) is 0.00822. The van der Waals surface area contributed by atoms with Gasteiger partial charge in [0.15, 0.2) is 0 Å². The van der Waals surface area contributed by atoms with Crippen molar-refractivity contribution in [3.63, 3.8) is 0 Å². The number of benzene rings is 3. The minimum atomic E-state index is -1.45. The van der Waals surface area contributed by atoms with E-state index in [2.05, 4.69) is 21.0 Å². The first-order chi connectivity index (χ1) is 17.9. The van der Waals surface area contributed by atoms with E-state index >= 15 is 0 Å². The second kappa shape index (κ2) is 11.3. The van der Waals surface area contributed by atoms with Crippen molar-refractivity contribution in [2.75, 3.05) is 18.4 Å². The van der Waals surface area contributed by atoms with Crippen LogP contribution in [0, 0.1) is 0 Å². The number of hydrogen-bond acceptors (Lipinski definition) is 6. The second-order valence-corrected chi connectivity index (χ2v) is 8.58. The number of carboxylic acid groups (broad SMARTS) is 2. The van der Waals surface area contributed by atoms with Crippen molar-refractivity contribution in [2.24, 2.45) is 7.05 Å². The fourth-order valence-electron chi connectivity index (χ4n) is 4.57. The van der Waals surface area contributed by atoms with Gasteiger partial charge in [-0.05, 0) is 16.7 Å². The fraction of sp³-hybridized carbons (Fsp3) is 0.179. The number of hydrogen-bond donors (Lipinski definition) is 3. The Labute approximate surface area is 214 Å². The molecule has 190 valence electrons. The van der Waals surface area contributed by atoms with Crippen LogP contribution >= 0.6 is 0 Å². The fourth-order valence-corrected chi connectivity index (χ4v) is 4.57. The molecule has 3 N–H and O–H groups in total. The van der Waals surface area contributed by atoms with Crippen LogP contribution in [0.3, 0.4) is 0 Å². The van der Waals surface area contributed by atoms with Gasteiger partial charge in [0.05, 0.1) is 6.20 Å². The van der Waals surface area contributed by atoms with Gasteiger partial charge in [0.25, 0.3) is 0 Å². The average Bonchev–Trinajstić information content (AvgIpc) is 3.28. The van der Waals surface area contributed by atoms with Crippen LogP contribution in [0.5, 0.6) is 0 Å². The highest BCUT2D eigenvalue weighted by Crippen LogP contribution is 2.41. The van der Waals surface area contributed by atoms with Crippen molar-refractivity contribution >= 4 is 18.0 Å². The van der Waals surface area contributed by atoms with Crippen molar-refractivity contribution in [1.29, 1.82) is 0 Å². The van der Waals surface area contributed by atoms with Crippen LogP contribution < -0.4 is 26.2 Å². The SMILES string of the molecule is Cn1ncc(C(CNC(=O)[O-])CNC(=O)[O-])c1NC(c1ccccc1)(c1ccccc1)c1ccccc1. The van der Waals surface area contributed by atoms with Gasteiger partial charge in [0.1, 0.15) is 23.5 Å². The third-order valence-corrected chi connectivity index (χ3v) is 6.32. The lowest BCUT2D eigenvalue weighted by Crippen LogP contribution is -2.44. The highest BCUT2D eigenvalue weighted by molar-refractivity contribution is 5.64. The number of carbonyl (C=O) groups excluding carboxylic acids is 2. The number of rotatable bonds is 10. The van der Waals surface area contributed by atoms with Crippen LogP contribution in [-0.2, 0) is 12.6 Å². The molecule has 0 aliphatic rings. The van der Waals surface area contributed by atoms with E-state index in [4.69, 9.17) is 0 Å². The molecule has 0 fully saturated rings. The van der Waals surface area contributed by atoms with E-state index in [1.807, 2.05) is 91.0 Å². The summed E-state index contributed by atoms with van der Waals surface area (Å²) in [5, 5.41) is 34.9. The van der Waals surface area contributed by atoms with Crippen molar-refractivity contribution in [3.05, 3.63) is 119 Å². The maximum absolute atomic E-state index is 11.1. The Balaban J connectivity index is 1.90. The molecule has 1 aromatic heterocycles. The van der Waals surface area contributed by atoms with E-state index in [1.54, 1.807) is 17.9 Å². The van der Waals surface area contributed by atoms with Gasteiger partial charge in [-0.1, -0.05) is 91.0 Å². The van der Waals surface area contributed by atoms with Crippen molar-refractivity contribution < 1.29 is 19.8 Å². The molecule has 2 amide bonds. The molecule has 9 heteroatoms. The Hall–Kier alpha value is -4.79. The molecule has 0 saturated carbocycles. The molecule has 0 saturated heterocycles. The minimum Gasteiger partial charge on any atom is -0.530 e. The molecule has 0 aliphatic heterocycles. The van der Waals surface area contributed by atoms with Gasteiger partial charge in [-0.3, -0.25) is 4.68 Å². The normalized spacial score (nSPS) is 11.2. The topological polar surface area (TPSA) is 134 Å². The quantitative estimate of drug-likeness (QED) is 0.286. The lowest BCUT2D eigenvalue weighted by Gasteiger charge is -2.38. The summed E-state index contributed by atoms with van der Waals surface area (Å²) in [6.45, 7) is -0.171. The van der Waals surface area contributed by atoms with Crippen LogP contribution in [-0.4, -0.2) is 35.1 Å². The van der Waals surface area contributed by atoms with Crippen LogP contribution in [0.2, 0.25) is 0 Å². The van der Waals surface area contributed by atoms with Crippen LogP contribution in [0.1, 0.15) is 28.2 Å². The van der Waals surface area contributed by atoms with Crippen LogP contribution in [0.15, 0.2) is 97.2 Å². The summed E-state index contributed by atoms with van der Waals surface area (Å²) in [6, 6.07) is 29.9. The molecular weight excluding hydrogens is 470 g/mol. The van der Waals surface area contributed by atoms with Gasteiger partial charge in [0.2, 0.25) is 0 Å². The standard InChI is InChI=1S/C28H29N5O4/c1-33-25(24(19-31-33)20(17-29-26(34)35)18-30-27(36)37)32-28(21-11-5-2-6-12-21,22-13-7-3-8-14-22)23-15-9-4-10-16-23/h2-16,19-20,29-30,32H,17-18H2,1H3,(H,34,35)(H,36,37)/p-2. The van der Waals surface area contributed by atoms with Gasteiger partial charge in [-0.25, -0.2) is 0 Å². The Bertz CT molecular complexity index is 1210. The molecule has 0 spiro atoms. The maximum Gasteiger partial charge on any atom is 0.134 e. The number of aryl methyl sites for hydroxylation is 1. The molecule has 9 nitrogen and oxygen atoms in total. The molecule has 0 atom stereocenters. The average molecular weight is 498 g/mol. The number of carbonyl (C=O) groups is 2. The van der Waals surface area contributed by atoms with Gasteiger partial charge >= 0.3 is 0 Å². The summed E-state index contributed by atoms with van der Waals surface area (Å²) in [6.07, 6.45) is -1.31. The summed E-state index contributed by atoms with van der Waals surface area (Å²) in [4.78, 5) is 22.3. The van der Waals surface area contributed by atoms with Crippen molar-refractivity contribution in [1.82, 2.24) is 20.4 Å². The van der Waals surface area contributed by atoms with Crippen LogP contribution in [0.25, 0.3) is 0 Å². The summed E-state index contributed by atoms with van der Waals surface area (Å²) >= 11 is 0. The molecule has 0 aliphatic carbocycles. The molecule has 0 radical (unpaired) electrons. The molecule has 3 aromatic carbocycles. The second-order valence-electron chi connectivity index (χ2n) is 8.58. The third kappa shape index (κ3) is 5.56. The number of nitrogens with zero attached hydrogens (tertiary/aromatic N) is 2. The van der Waals surface area contributed by atoms with Crippen molar-refractivity contribution in [3.8, 4) is 0 Å². The number of aromatic nitrogens is 2. The molecule has 0 unspecified atom stereocenters. The number of nitrogens with one attached hydrogen (secondary N) is 3. The Morgan fingerprint density at radius 3 is 1.57 bits per heavy atom. The highest BCUT2D eigenvalue weighted by Gasteiger charge is 2.38. The zero-order valence-corrected chi connectivity index (χ0v) is 20.3. The Morgan fingerprint density at radius 1 is 0.784 bits per heavy atom. The zero-order chi connectivity index (χ0) is 26.3. The zero-order valence-electron chi connectivity index (χ0n) is 20.3. The summed E-state index contributed by atoms with van der Waals surface area (Å²) < 4.78 is 1.66. The monoisotopic (exact) mass is 497 g/mol. The first-order valence-corrected chi connectivity index (χ1v) is 11.8. The molecular formula is C28H27N5O4-2. The molecule has 4 rings (SSSR count). The van der Waals surface area contributed by atoms with Crippen molar-refractivity contribution in [2.45, 2.75) is 11.5 Å². The first-order valence-electron chi connectivity index (χ1n) is 11.8. The minimum absolute atomic E-state index is 0.0853. The smallest absolute Gasteiger partial charge is 0.134 e. The molecule has 37 heavy (non-hydrogen) atoms. The van der Waals surface area contributed by atoms with E-state index in [9.17, 15) is 19.8 Å². The lowest BCUT2D eigenvalue weighted by atomic mass is 9.76. The van der Waals surface area contributed by atoms with E-state index in [0.717, 1.165) is 16.7 Å². The lowest BCUT2D eigenvalue weighted by molar-refractivity contribution is -0.251. The predicted octanol–water partition coefficient (Wildman–Crippen LogP) is 1.77. The number of anilines is 1. The van der Waals surface area contributed by atoms with E-state index in [0.29, 0.717) is 11.4 Å². The van der Waals surface area contributed by atoms with Gasteiger partial charge in [0, 0.05) is 31.6 Å². The molecule has 0 bridgehead atoms. The van der Waals surface area contributed by atoms with E-state index in [1.165, 1.54) is 0 Å². The van der Waals surface area contributed by atoms with Gasteiger partial charge in [-0.15, -0.1) is 0 Å². The third-order valence-electron chi connectivity index (χ3n) is 6.32. The highest BCUT2D eigenvalue weighted by atomic mass is 16.4.